The minimum absolute atomic E-state index is 0.325. The summed E-state index contributed by atoms with van der Waals surface area (Å²) in [6, 6.07) is 6.68. The van der Waals surface area contributed by atoms with Gasteiger partial charge in [0.15, 0.2) is 13.2 Å². The van der Waals surface area contributed by atoms with Crippen molar-refractivity contribution in [2.24, 2.45) is 10.9 Å². The number of benzene rings is 1. The van der Waals surface area contributed by atoms with E-state index in [1.165, 1.54) is 6.21 Å². The van der Waals surface area contributed by atoms with E-state index >= 15 is 0 Å². The van der Waals surface area contributed by atoms with Crippen LogP contribution in [0, 0.1) is 0 Å². The first kappa shape index (κ1) is 13.5. The molecule has 7 heteroatoms. The number of nitrogens with zero attached hydrogens (tertiary/aromatic N) is 1. The third kappa shape index (κ3) is 4.97. The molecule has 1 rings (SSSR count). The fraction of sp³-hybridized carbons (Fsp3) is 0.182. The molecule has 0 aliphatic carbocycles. The Kier molecular flexibility index (Phi) is 5.17. The Hall–Kier alpha value is -2.57. The lowest BCUT2D eigenvalue weighted by molar-refractivity contribution is -0.139. The molecule has 0 unspecified atom stereocenters. The van der Waals surface area contributed by atoms with Crippen LogP contribution in [0.4, 0.5) is 0 Å². The van der Waals surface area contributed by atoms with E-state index in [4.69, 9.17) is 15.6 Å². The van der Waals surface area contributed by atoms with Gasteiger partial charge in [-0.1, -0.05) is 17.3 Å². The molecule has 0 bridgehead atoms. The second kappa shape index (κ2) is 6.89. The summed E-state index contributed by atoms with van der Waals surface area (Å²) >= 11 is 0. The second-order valence-electron chi connectivity index (χ2n) is 3.19. The first-order valence-corrected chi connectivity index (χ1v) is 4.97. The molecule has 0 heterocycles. The van der Waals surface area contributed by atoms with E-state index in [-0.39, 0.29) is 6.61 Å². The SMILES string of the molecule is NC(=O)CO/N=C/c1ccccc1OCC(=O)O. The molecular formula is C11H12N2O5. The number of oxime groups is 1. The van der Waals surface area contributed by atoms with E-state index in [2.05, 4.69) is 9.99 Å². The van der Waals surface area contributed by atoms with E-state index in [0.29, 0.717) is 11.3 Å². The van der Waals surface area contributed by atoms with Crippen LogP contribution >= 0.6 is 0 Å². The van der Waals surface area contributed by atoms with Crippen molar-refractivity contribution in [3.63, 3.8) is 0 Å². The van der Waals surface area contributed by atoms with Crippen molar-refractivity contribution in [3.05, 3.63) is 29.8 Å². The van der Waals surface area contributed by atoms with Crippen molar-refractivity contribution in [2.45, 2.75) is 0 Å². The predicted octanol–water partition coefficient (Wildman–Crippen LogP) is -0.0142. The van der Waals surface area contributed by atoms with Gasteiger partial charge in [-0.2, -0.15) is 0 Å². The van der Waals surface area contributed by atoms with Gasteiger partial charge in [0.05, 0.1) is 6.21 Å². The van der Waals surface area contributed by atoms with Crippen molar-refractivity contribution >= 4 is 18.1 Å². The van der Waals surface area contributed by atoms with Crippen LogP contribution in [0.25, 0.3) is 0 Å². The lowest BCUT2D eigenvalue weighted by Gasteiger charge is -2.05. The quantitative estimate of drug-likeness (QED) is 0.523. The van der Waals surface area contributed by atoms with Gasteiger partial charge in [-0.05, 0) is 12.1 Å². The summed E-state index contributed by atoms with van der Waals surface area (Å²) in [5.41, 5.74) is 5.39. The molecule has 0 atom stereocenters. The Bertz CT molecular complexity index is 459. The van der Waals surface area contributed by atoms with Gasteiger partial charge in [0.2, 0.25) is 0 Å². The number of amides is 1. The molecule has 1 aromatic rings. The summed E-state index contributed by atoms with van der Waals surface area (Å²) in [4.78, 5) is 25.4. The fourth-order valence-corrected chi connectivity index (χ4v) is 1.05. The number of hydrogen-bond acceptors (Lipinski definition) is 5. The standard InChI is InChI=1S/C11H12N2O5/c12-10(14)6-18-13-5-8-3-1-2-4-9(8)17-7-11(15)16/h1-5H,6-7H2,(H2,12,14)(H,15,16)/b13-5+. The average Bonchev–Trinajstić information content (AvgIpc) is 2.33. The van der Waals surface area contributed by atoms with Crippen molar-refractivity contribution < 1.29 is 24.3 Å². The lowest BCUT2D eigenvalue weighted by atomic mass is 10.2. The molecule has 0 aromatic heterocycles. The van der Waals surface area contributed by atoms with Crippen molar-refractivity contribution in [1.29, 1.82) is 0 Å². The number of para-hydroxylation sites is 1. The van der Waals surface area contributed by atoms with Gasteiger partial charge in [-0.3, -0.25) is 4.79 Å². The van der Waals surface area contributed by atoms with E-state index in [1.807, 2.05) is 0 Å². The van der Waals surface area contributed by atoms with Crippen LogP contribution in [-0.2, 0) is 14.4 Å². The van der Waals surface area contributed by atoms with Gasteiger partial charge in [-0.15, -0.1) is 0 Å². The molecule has 18 heavy (non-hydrogen) atoms. The maximum absolute atomic E-state index is 10.4. The first-order chi connectivity index (χ1) is 8.59. The smallest absolute Gasteiger partial charge is 0.341 e. The van der Waals surface area contributed by atoms with Gasteiger partial charge >= 0.3 is 5.97 Å². The topological polar surface area (TPSA) is 111 Å². The van der Waals surface area contributed by atoms with Gasteiger partial charge in [0.25, 0.3) is 5.91 Å². The van der Waals surface area contributed by atoms with Crippen molar-refractivity contribution in [3.8, 4) is 5.75 Å². The van der Waals surface area contributed by atoms with E-state index < -0.39 is 18.5 Å². The van der Waals surface area contributed by atoms with E-state index in [1.54, 1.807) is 24.3 Å². The van der Waals surface area contributed by atoms with Crippen LogP contribution in [0.2, 0.25) is 0 Å². The highest BCUT2D eigenvalue weighted by atomic mass is 16.6. The Morgan fingerprint density at radius 2 is 2.06 bits per heavy atom. The summed E-state index contributed by atoms with van der Waals surface area (Å²) in [7, 11) is 0. The molecular weight excluding hydrogens is 240 g/mol. The summed E-state index contributed by atoms with van der Waals surface area (Å²) in [6.07, 6.45) is 1.31. The summed E-state index contributed by atoms with van der Waals surface area (Å²) < 4.78 is 5.04. The molecule has 1 aromatic carbocycles. The van der Waals surface area contributed by atoms with Crippen LogP contribution in [0.5, 0.6) is 5.75 Å². The zero-order valence-corrected chi connectivity index (χ0v) is 9.41. The number of primary amides is 1. The molecule has 3 N–H and O–H groups in total. The van der Waals surface area contributed by atoms with Gasteiger partial charge in [-0.25, -0.2) is 4.79 Å². The van der Waals surface area contributed by atoms with Gasteiger partial charge < -0.3 is 20.4 Å². The number of carbonyl (C=O) groups is 2. The molecule has 1 amide bonds. The highest BCUT2D eigenvalue weighted by Gasteiger charge is 2.03. The summed E-state index contributed by atoms with van der Waals surface area (Å²) in [5, 5.41) is 12.0. The van der Waals surface area contributed by atoms with Gasteiger partial charge in [0, 0.05) is 5.56 Å². The summed E-state index contributed by atoms with van der Waals surface area (Å²) in [6.45, 7) is -0.776. The highest BCUT2D eigenvalue weighted by Crippen LogP contribution is 2.15. The Balaban J connectivity index is 2.63. The molecule has 0 radical (unpaired) electrons. The lowest BCUT2D eigenvalue weighted by Crippen LogP contribution is -2.16. The number of carbonyl (C=O) groups excluding carboxylic acids is 1. The Morgan fingerprint density at radius 3 is 2.72 bits per heavy atom. The predicted molar refractivity (Wildman–Crippen MR) is 62.3 cm³/mol. The molecule has 0 spiro atoms. The molecule has 96 valence electrons. The number of aliphatic carboxylic acids is 1. The molecule has 0 aliphatic heterocycles. The van der Waals surface area contributed by atoms with Crippen LogP contribution in [-0.4, -0.2) is 36.4 Å². The number of hydrogen-bond donors (Lipinski definition) is 2. The molecule has 7 nitrogen and oxygen atoms in total. The largest absolute Gasteiger partial charge is 0.481 e. The van der Waals surface area contributed by atoms with Crippen LogP contribution < -0.4 is 10.5 Å². The number of nitrogens with two attached hydrogens (primary N) is 1. The number of ether oxygens (including phenoxy) is 1. The van der Waals surface area contributed by atoms with Gasteiger partial charge in [0.1, 0.15) is 5.75 Å². The monoisotopic (exact) mass is 252 g/mol. The second-order valence-corrected chi connectivity index (χ2v) is 3.19. The van der Waals surface area contributed by atoms with E-state index in [0.717, 1.165) is 0 Å². The van der Waals surface area contributed by atoms with Crippen LogP contribution in [0.15, 0.2) is 29.4 Å². The third-order valence-corrected chi connectivity index (χ3v) is 1.74. The normalized spacial score (nSPS) is 10.2. The number of carboxylic acid groups (broad SMARTS) is 1. The number of carboxylic acids is 1. The fourth-order valence-electron chi connectivity index (χ4n) is 1.05. The third-order valence-electron chi connectivity index (χ3n) is 1.74. The minimum atomic E-state index is -1.08. The average molecular weight is 252 g/mol. The van der Waals surface area contributed by atoms with Crippen LogP contribution in [0.3, 0.4) is 0 Å². The summed E-state index contributed by atoms with van der Waals surface area (Å²) in [5.74, 6) is -1.36. The Labute approximate surface area is 103 Å². The van der Waals surface area contributed by atoms with Crippen molar-refractivity contribution in [2.75, 3.05) is 13.2 Å². The molecule has 0 saturated heterocycles. The Morgan fingerprint density at radius 1 is 1.33 bits per heavy atom. The minimum Gasteiger partial charge on any atom is -0.481 e. The zero-order valence-electron chi connectivity index (χ0n) is 9.41. The van der Waals surface area contributed by atoms with Crippen molar-refractivity contribution in [1.82, 2.24) is 0 Å². The first-order valence-electron chi connectivity index (χ1n) is 4.97. The van der Waals surface area contributed by atoms with Crippen LogP contribution in [0.1, 0.15) is 5.56 Å². The molecule has 0 saturated carbocycles. The maximum atomic E-state index is 10.4. The zero-order chi connectivity index (χ0) is 13.4. The highest BCUT2D eigenvalue weighted by molar-refractivity contribution is 5.83. The maximum Gasteiger partial charge on any atom is 0.341 e. The number of rotatable bonds is 7. The van der Waals surface area contributed by atoms with E-state index in [9.17, 15) is 9.59 Å². The molecule has 0 fully saturated rings. The molecule has 0 aliphatic rings.